The molecule has 0 fully saturated rings. The van der Waals surface area contributed by atoms with E-state index >= 15 is 0 Å². The van der Waals surface area contributed by atoms with E-state index in [1.807, 2.05) is 13.8 Å². The molecule has 0 aliphatic rings. The van der Waals surface area contributed by atoms with Crippen LogP contribution >= 0.6 is 0 Å². The molecule has 0 aliphatic heterocycles. The van der Waals surface area contributed by atoms with Crippen LogP contribution in [0.2, 0.25) is 0 Å². The largest absolute Gasteiger partial charge is 0.481 e. The number of aliphatic carboxylic acids is 2. The molecule has 0 bridgehead atoms. The molecule has 0 radical (unpaired) electrons. The first-order valence-corrected chi connectivity index (χ1v) is 5.17. The van der Waals surface area contributed by atoms with E-state index in [1.54, 1.807) is 0 Å². The van der Waals surface area contributed by atoms with Gasteiger partial charge in [-0.15, -0.1) is 0 Å². The Hall–Kier alpha value is -1.59. The molecule has 0 heterocycles. The van der Waals surface area contributed by atoms with E-state index in [2.05, 4.69) is 5.32 Å². The molecule has 92 valence electrons. The highest BCUT2D eigenvalue weighted by atomic mass is 16.4. The lowest BCUT2D eigenvalue weighted by Crippen LogP contribution is -2.44. The lowest BCUT2D eigenvalue weighted by atomic mass is 10.0. The van der Waals surface area contributed by atoms with Gasteiger partial charge in [-0.25, -0.2) is 4.79 Å². The molecule has 3 N–H and O–H groups in total. The number of amides is 1. The van der Waals surface area contributed by atoms with E-state index in [1.165, 1.54) is 0 Å². The third-order valence-electron chi connectivity index (χ3n) is 2.35. The van der Waals surface area contributed by atoms with E-state index in [0.717, 1.165) is 0 Å². The molecule has 1 atom stereocenters. The van der Waals surface area contributed by atoms with E-state index in [0.29, 0.717) is 12.8 Å². The summed E-state index contributed by atoms with van der Waals surface area (Å²) in [6, 6.07) is -1.36. The van der Waals surface area contributed by atoms with Crippen molar-refractivity contribution in [1.82, 2.24) is 5.32 Å². The van der Waals surface area contributed by atoms with E-state index < -0.39 is 30.3 Å². The third-order valence-corrected chi connectivity index (χ3v) is 2.35. The van der Waals surface area contributed by atoms with Crippen LogP contribution in [-0.4, -0.2) is 34.1 Å². The number of carbonyl (C=O) groups excluding carboxylic acids is 1. The second-order valence-electron chi connectivity index (χ2n) is 3.51. The third kappa shape index (κ3) is 4.77. The number of hydrogen-bond donors (Lipinski definition) is 3. The lowest BCUT2D eigenvalue weighted by molar-refractivity contribution is -0.147. The molecular formula is C10H17NO5. The van der Waals surface area contributed by atoms with Crippen molar-refractivity contribution in [3.63, 3.8) is 0 Å². The summed E-state index contributed by atoms with van der Waals surface area (Å²) < 4.78 is 0. The number of hydrogen-bond acceptors (Lipinski definition) is 3. The summed E-state index contributed by atoms with van der Waals surface area (Å²) in [5.74, 6) is -3.26. The molecule has 0 aromatic rings. The Balaban J connectivity index is 4.44. The smallest absolute Gasteiger partial charge is 0.326 e. The highest BCUT2D eigenvalue weighted by Crippen LogP contribution is 2.08. The van der Waals surface area contributed by atoms with Crippen LogP contribution in [0.15, 0.2) is 0 Å². The van der Waals surface area contributed by atoms with Crippen LogP contribution in [0.5, 0.6) is 0 Å². The summed E-state index contributed by atoms with van der Waals surface area (Å²) in [6.45, 7) is 3.64. The Bertz CT molecular complexity index is 272. The predicted molar refractivity (Wildman–Crippen MR) is 55.9 cm³/mol. The second kappa shape index (κ2) is 6.81. The van der Waals surface area contributed by atoms with Crippen LogP contribution in [0.25, 0.3) is 0 Å². The molecule has 0 aliphatic carbocycles. The fraction of sp³-hybridized carbons (Fsp3) is 0.700. The standard InChI is InChI=1S/C10H17NO5/c1-3-6(4-2)9(14)11-7(10(15)16)5-8(12)13/h6-7H,3-5H2,1-2H3,(H,11,14)(H,12,13)(H,15,16)/t7-/m1/s1. The number of carboxylic acid groups (broad SMARTS) is 2. The first-order chi connectivity index (χ1) is 7.42. The molecule has 0 rings (SSSR count). The van der Waals surface area contributed by atoms with Gasteiger partial charge in [0.05, 0.1) is 6.42 Å². The van der Waals surface area contributed by atoms with Crippen molar-refractivity contribution in [1.29, 1.82) is 0 Å². The maximum Gasteiger partial charge on any atom is 0.326 e. The summed E-state index contributed by atoms with van der Waals surface area (Å²) in [4.78, 5) is 32.6. The van der Waals surface area contributed by atoms with Gasteiger partial charge in [-0.2, -0.15) is 0 Å². The van der Waals surface area contributed by atoms with Gasteiger partial charge in [-0.1, -0.05) is 13.8 Å². The molecule has 0 saturated heterocycles. The number of carbonyl (C=O) groups is 3. The van der Waals surface area contributed by atoms with E-state index in [9.17, 15) is 14.4 Å². The second-order valence-corrected chi connectivity index (χ2v) is 3.51. The molecule has 6 nitrogen and oxygen atoms in total. The summed E-state index contributed by atoms with van der Waals surface area (Å²) >= 11 is 0. The zero-order valence-electron chi connectivity index (χ0n) is 9.40. The molecule has 0 unspecified atom stereocenters. The van der Waals surface area contributed by atoms with Crippen molar-refractivity contribution in [3.8, 4) is 0 Å². The molecule has 1 amide bonds. The molecule has 0 spiro atoms. The Morgan fingerprint density at radius 2 is 1.62 bits per heavy atom. The van der Waals surface area contributed by atoms with Crippen molar-refractivity contribution in [2.75, 3.05) is 0 Å². The topological polar surface area (TPSA) is 104 Å². The molecular weight excluding hydrogens is 214 g/mol. The first kappa shape index (κ1) is 14.4. The van der Waals surface area contributed by atoms with Gasteiger partial charge in [0.15, 0.2) is 0 Å². The van der Waals surface area contributed by atoms with Gasteiger partial charge in [0, 0.05) is 5.92 Å². The van der Waals surface area contributed by atoms with Gasteiger partial charge >= 0.3 is 11.9 Å². The van der Waals surface area contributed by atoms with Gasteiger partial charge < -0.3 is 15.5 Å². The van der Waals surface area contributed by atoms with Crippen molar-refractivity contribution in [2.45, 2.75) is 39.2 Å². The molecule has 0 aromatic carbocycles. The fourth-order valence-electron chi connectivity index (χ4n) is 1.32. The Morgan fingerprint density at radius 3 is 1.94 bits per heavy atom. The Kier molecular flexibility index (Phi) is 6.14. The maximum absolute atomic E-state index is 11.5. The van der Waals surface area contributed by atoms with Crippen molar-refractivity contribution >= 4 is 17.8 Å². The predicted octanol–water partition coefficient (Wildman–Crippen LogP) is 0.467. The van der Waals surface area contributed by atoms with E-state index in [4.69, 9.17) is 10.2 Å². The summed E-state index contributed by atoms with van der Waals surface area (Å²) in [5.41, 5.74) is 0. The van der Waals surface area contributed by atoms with Gasteiger partial charge in [-0.3, -0.25) is 9.59 Å². The van der Waals surface area contributed by atoms with Crippen molar-refractivity contribution in [3.05, 3.63) is 0 Å². The van der Waals surface area contributed by atoms with E-state index in [-0.39, 0.29) is 5.92 Å². The number of carboxylic acids is 2. The lowest BCUT2D eigenvalue weighted by Gasteiger charge is -2.17. The minimum Gasteiger partial charge on any atom is -0.481 e. The number of rotatable bonds is 7. The Morgan fingerprint density at radius 1 is 1.12 bits per heavy atom. The zero-order valence-corrected chi connectivity index (χ0v) is 9.40. The average Bonchev–Trinajstić information content (AvgIpc) is 2.17. The minimum absolute atomic E-state index is 0.268. The molecule has 0 saturated carbocycles. The van der Waals surface area contributed by atoms with Crippen LogP contribution in [-0.2, 0) is 14.4 Å². The average molecular weight is 231 g/mol. The number of nitrogens with one attached hydrogen (secondary N) is 1. The summed E-state index contributed by atoms with van der Waals surface area (Å²) in [6.07, 6.45) is 0.588. The monoisotopic (exact) mass is 231 g/mol. The highest BCUT2D eigenvalue weighted by molar-refractivity contribution is 5.87. The van der Waals surface area contributed by atoms with Crippen LogP contribution in [0.3, 0.4) is 0 Å². The van der Waals surface area contributed by atoms with Gasteiger partial charge in [0.25, 0.3) is 0 Å². The van der Waals surface area contributed by atoms with Crippen LogP contribution in [0.1, 0.15) is 33.1 Å². The van der Waals surface area contributed by atoms with Gasteiger partial charge in [-0.05, 0) is 12.8 Å². The minimum atomic E-state index is -1.36. The summed E-state index contributed by atoms with van der Waals surface area (Å²) in [5, 5.41) is 19.4. The molecule has 6 heteroatoms. The van der Waals surface area contributed by atoms with Gasteiger partial charge in [0.1, 0.15) is 6.04 Å². The maximum atomic E-state index is 11.5. The van der Waals surface area contributed by atoms with Crippen LogP contribution in [0.4, 0.5) is 0 Å². The quantitative estimate of drug-likeness (QED) is 0.590. The van der Waals surface area contributed by atoms with Crippen molar-refractivity contribution in [2.24, 2.45) is 5.92 Å². The summed E-state index contributed by atoms with van der Waals surface area (Å²) in [7, 11) is 0. The first-order valence-electron chi connectivity index (χ1n) is 5.17. The molecule has 16 heavy (non-hydrogen) atoms. The van der Waals surface area contributed by atoms with Crippen LogP contribution < -0.4 is 5.32 Å². The van der Waals surface area contributed by atoms with Crippen molar-refractivity contribution < 1.29 is 24.6 Å². The normalized spacial score (nSPS) is 12.2. The SMILES string of the molecule is CCC(CC)C(=O)N[C@H](CC(=O)O)C(=O)O. The highest BCUT2D eigenvalue weighted by Gasteiger charge is 2.25. The zero-order chi connectivity index (χ0) is 12.7. The van der Waals surface area contributed by atoms with Gasteiger partial charge in [0.2, 0.25) is 5.91 Å². The molecule has 0 aromatic heterocycles. The fourth-order valence-corrected chi connectivity index (χ4v) is 1.32. The Labute approximate surface area is 93.6 Å². The van der Waals surface area contributed by atoms with Crippen LogP contribution in [0, 0.1) is 5.92 Å².